The summed E-state index contributed by atoms with van der Waals surface area (Å²) < 4.78 is 0. The van der Waals surface area contributed by atoms with Crippen molar-refractivity contribution >= 4 is 23.2 Å². The Labute approximate surface area is 130 Å². The summed E-state index contributed by atoms with van der Waals surface area (Å²) >= 11 is 5.91. The van der Waals surface area contributed by atoms with E-state index in [0.717, 1.165) is 16.9 Å². The van der Waals surface area contributed by atoms with Gasteiger partial charge in [-0.25, -0.2) is 4.98 Å². The van der Waals surface area contributed by atoms with Crippen LogP contribution in [0.4, 0.5) is 5.69 Å². The molecule has 0 saturated carbocycles. The van der Waals surface area contributed by atoms with E-state index in [1.54, 1.807) is 12.1 Å². The predicted molar refractivity (Wildman–Crippen MR) is 87.1 cm³/mol. The fraction of sp³-hybridized carbons (Fsp3) is 0.294. The smallest absolute Gasteiger partial charge is 0.255 e. The molecule has 0 bridgehead atoms. The zero-order chi connectivity index (χ0) is 15.6. The van der Waals surface area contributed by atoms with Gasteiger partial charge in [0.15, 0.2) is 0 Å². The summed E-state index contributed by atoms with van der Waals surface area (Å²) in [6.07, 6.45) is 0. The molecule has 1 amide bonds. The second-order valence-corrected chi connectivity index (χ2v) is 6.46. The number of nitrogens with zero attached hydrogens (tertiary/aromatic N) is 1. The fourth-order valence-electron chi connectivity index (χ4n) is 2.20. The van der Waals surface area contributed by atoms with Gasteiger partial charge >= 0.3 is 0 Å². The third-order valence-corrected chi connectivity index (χ3v) is 3.36. The topological polar surface area (TPSA) is 42.0 Å². The third kappa shape index (κ3) is 3.82. The average Bonchev–Trinajstić information content (AvgIpc) is 2.37. The number of para-hydroxylation sites is 1. The molecule has 1 aromatic carbocycles. The van der Waals surface area contributed by atoms with Gasteiger partial charge in [-0.3, -0.25) is 4.79 Å². The number of carbonyl (C=O) groups is 1. The maximum Gasteiger partial charge on any atom is 0.255 e. The standard InChI is InChI=1S/C17H19ClN2O/c1-11-9-12(10-15(18)19-11)16(21)20-14-8-6-5-7-13(14)17(2,3)4/h5-10H,1-4H3,(H,20,21). The Hall–Kier alpha value is -1.87. The maximum atomic E-state index is 12.4. The first-order valence-corrected chi connectivity index (χ1v) is 7.20. The minimum Gasteiger partial charge on any atom is -0.322 e. The van der Waals surface area contributed by atoms with Crippen LogP contribution in [-0.2, 0) is 5.41 Å². The minimum atomic E-state index is -0.181. The molecule has 1 aromatic heterocycles. The fourth-order valence-corrected chi connectivity index (χ4v) is 2.45. The van der Waals surface area contributed by atoms with Crippen molar-refractivity contribution in [3.05, 3.63) is 58.4 Å². The SMILES string of the molecule is Cc1cc(C(=O)Nc2ccccc2C(C)(C)C)cc(Cl)n1. The first-order valence-electron chi connectivity index (χ1n) is 6.82. The number of aromatic nitrogens is 1. The molecule has 0 atom stereocenters. The van der Waals surface area contributed by atoms with E-state index in [-0.39, 0.29) is 11.3 Å². The molecule has 3 nitrogen and oxygen atoms in total. The third-order valence-electron chi connectivity index (χ3n) is 3.17. The highest BCUT2D eigenvalue weighted by Gasteiger charge is 2.19. The summed E-state index contributed by atoms with van der Waals surface area (Å²) in [5.74, 6) is -0.181. The normalized spacial score (nSPS) is 11.3. The number of hydrogen-bond donors (Lipinski definition) is 1. The van der Waals surface area contributed by atoms with Crippen molar-refractivity contribution in [2.45, 2.75) is 33.1 Å². The van der Waals surface area contributed by atoms with Crippen LogP contribution in [0, 0.1) is 6.92 Å². The number of amides is 1. The van der Waals surface area contributed by atoms with Crippen LogP contribution in [0.3, 0.4) is 0 Å². The molecule has 0 aliphatic carbocycles. The van der Waals surface area contributed by atoms with Gasteiger partial charge in [-0.05, 0) is 36.1 Å². The van der Waals surface area contributed by atoms with E-state index in [1.165, 1.54) is 0 Å². The zero-order valence-corrected chi connectivity index (χ0v) is 13.5. The molecule has 0 aliphatic heterocycles. The van der Waals surface area contributed by atoms with E-state index in [9.17, 15) is 4.79 Å². The Morgan fingerprint density at radius 1 is 1.19 bits per heavy atom. The predicted octanol–water partition coefficient (Wildman–Crippen LogP) is 4.59. The molecule has 0 fully saturated rings. The van der Waals surface area contributed by atoms with Gasteiger partial charge in [-0.1, -0.05) is 50.6 Å². The number of carbonyl (C=O) groups excluding carboxylic acids is 1. The van der Waals surface area contributed by atoms with Crippen LogP contribution in [-0.4, -0.2) is 10.9 Å². The highest BCUT2D eigenvalue weighted by atomic mass is 35.5. The van der Waals surface area contributed by atoms with Crippen molar-refractivity contribution in [2.75, 3.05) is 5.32 Å². The lowest BCUT2D eigenvalue weighted by Crippen LogP contribution is -2.18. The Kier molecular flexibility index (Phi) is 4.33. The molecule has 0 aliphatic rings. The van der Waals surface area contributed by atoms with Gasteiger partial charge in [0.05, 0.1) is 0 Å². The molecule has 1 N–H and O–H groups in total. The monoisotopic (exact) mass is 302 g/mol. The largest absolute Gasteiger partial charge is 0.322 e. The lowest BCUT2D eigenvalue weighted by atomic mass is 9.86. The van der Waals surface area contributed by atoms with E-state index in [0.29, 0.717) is 10.7 Å². The van der Waals surface area contributed by atoms with Gasteiger partial charge in [-0.15, -0.1) is 0 Å². The summed E-state index contributed by atoms with van der Waals surface area (Å²) in [6.45, 7) is 8.16. The number of nitrogens with one attached hydrogen (secondary N) is 1. The molecule has 4 heteroatoms. The van der Waals surface area contributed by atoms with Crippen LogP contribution < -0.4 is 5.32 Å². The van der Waals surface area contributed by atoms with Crippen molar-refractivity contribution in [2.24, 2.45) is 0 Å². The van der Waals surface area contributed by atoms with Crippen molar-refractivity contribution in [3.63, 3.8) is 0 Å². The van der Waals surface area contributed by atoms with Gasteiger partial charge in [0.1, 0.15) is 5.15 Å². The van der Waals surface area contributed by atoms with E-state index in [1.807, 2.05) is 31.2 Å². The maximum absolute atomic E-state index is 12.4. The van der Waals surface area contributed by atoms with Crippen LogP contribution >= 0.6 is 11.6 Å². The highest BCUT2D eigenvalue weighted by Crippen LogP contribution is 2.29. The molecule has 1 heterocycles. The number of benzene rings is 1. The van der Waals surface area contributed by atoms with Gasteiger partial charge in [0.25, 0.3) is 5.91 Å². The second-order valence-electron chi connectivity index (χ2n) is 6.07. The molecule has 0 saturated heterocycles. The van der Waals surface area contributed by atoms with Crippen molar-refractivity contribution < 1.29 is 4.79 Å². The van der Waals surface area contributed by atoms with Crippen LogP contribution in [0.2, 0.25) is 5.15 Å². The molecule has 21 heavy (non-hydrogen) atoms. The Morgan fingerprint density at radius 2 is 1.86 bits per heavy atom. The highest BCUT2D eigenvalue weighted by molar-refractivity contribution is 6.29. The first-order chi connectivity index (χ1) is 9.77. The number of aryl methyl sites for hydroxylation is 1. The molecule has 0 unspecified atom stereocenters. The molecule has 2 aromatic rings. The minimum absolute atomic E-state index is 0.0460. The summed E-state index contributed by atoms with van der Waals surface area (Å²) in [5, 5.41) is 3.29. The summed E-state index contributed by atoms with van der Waals surface area (Å²) in [4.78, 5) is 16.5. The zero-order valence-electron chi connectivity index (χ0n) is 12.7. The summed E-state index contributed by atoms with van der Waals surface area (Å²) in [7, 11) is 0. The van der Waals surface area contributed by atoms with Gasteiger partial charge in [0, 0.05) is 16.9 Å². The van der Waals surface area contributed by atoms with Crippen molar-refractivity contribution in [3.8, 4) is 0 Å². The van der Waals surface area contributed by atoms with Gasteiger partial charge in [0.2, 0.25) is 0 Å². The van der Waals surface area contributed by atoms with E-state index in [2.05, 4.69) is 31.1 Å². The number of anilines is 1. The summed E-state index contributed by atoms with van der Waals surface area (Å²) in [5.41, 5.74) is 3.10. The molecular formula is C17H19ClN2O. The van der Waals surface area contributed by atoms with Crippen LogP contribution in [0.15, 0.2) is 36.4 Å². The number of halogens is 1. The van der Waals surface area contributed by atoms with Crippen LogP contribution in [0.1, 0.15) is 42.4 Å². The van der Waals surface area contributed by atoms with E-state index < -0.39 is 0 Å². The van der Waals surface area contributed by atoms with Crippen LogP contribution in [0.5, 0.6) is 0 Å². The van der Waals surface area contributed by atoms with Gasteiger partial charge in [-0.2, -0.15) is 0 Å². The number of rotatable bonds is 2. The van der Waals surface area contributed by atoms with E-state index >= 15 is 0 Å². The molecule has 2 rings (SSSR count). The Bertz CT molecular complexity index is 654. The molecule has 0 radical (unpaired) electrons. The lowest BCUT2D eigenvalue weighted by molar-refractivity contribution is 0.102. The number of hydrogen-bond acceptors (Lipinski definition) is 2. The second kappa shape index (κ2) is 5.86. The number of pyridine rings is 1. The Balaban J connectivity index is 2.32. The van der Waals surface area contributed by atoms with Crippen molar-refractivity contribution in [1.82, 2.24) is 4.98 Å². The quantitative estimate of drug-likeness (QED) is 0.824. The first kappa shape index (κ1) is 15.5. The van der Waals surface area contributed by atoms with Gasteiger partial charge < -0.3 is 5.32 Å². The summed E-state index contributed by atoms with van der Waals surface area (Å²) in [6, 6.07) is 11.1. The lowest BCUT2D eigenvalue weighted by Gasteiger charge is -2.23. The molecular weight excluding hydrogens is 284 g/mol. The van der Waals surface area contributed by atoms with E-state index in [4.69, 9.17) is 11.6 Å². The molecule has 0 spiro atoms. The average molecular weight is 303 g/mol. The van der Waals surface area contributed by atoms with Crippen LogP contribution in [0.25, 0.3) is 0 Å². The Morgan fingerprint density at radius 3 is 2.48 bits per heavy atom. The molecule has 110 valence electrons. The van der Waals surface area contributed by atoms with Crippen molar-refractivity contribution in [1.29, 1.82) is 0 Å².